The fraction of sp³-hybridized carbons (Fsp3) is 0.235. The minimum absolute atomic E-state index is 0.217. The van der Waals surface area contributed by atoms with Crippen LogP contribution in [0, 0.1) is 18.3 Å². The molecule has 4 heteroatoms. The Morgan fingerprint density at radius 1 is 1.24 bits per heavy atom. The van der Waals surface area contributed by atoms with Crippen molar-refractivity contribution in [3.8, 4) is 11.8 Å². The molecule has 0 saturated heterocycles. The summed E-state index contributed by atoms with van der Waals surface area (Å²) in [5.41, 5.74) is 2.52. The summed E-state index contributed by atoms with van der Waals surface area (Å²) in [5, 5.41) is 21.8. The van der Waals surface area contributed by atoms with E-state index in [2.05, 4.69) is 11.4 Å². The van der Waals surface area contributed by atoms with Crippen molar-refractivity contribution in [2.45, 2.75) is 13.0 Å². The lowest BCUT2D eigenvalue weighted by molar-refractivity contribution is 0.117. The highest BCUT2D eigenvalue weighted by molar-refractivity contribution is 5.49. The highest BCUT2D eigenvalue weighted by Crippen LogP contribution is 2.13. The Balaban J connectivity index is 1.79. The third kappa shape index (κ3) is 4.83. The molecule has 21 heavy (non-hydrogen) atoms. The molecule has 0 amide bonds. The van der Waals surface area contributed by atoms with Gasteiger partial charge in [-0.2, -0.15) is 5.26 Å². The van der Waals surface area contributed by atoms with E-state index < -0.39 is 6.10 Å². The maximum Gasteiger partial charge on any atom is 0.119 e. The van der Waals surface area contributed by atoms with E-state index in [0.717, 1.165) is 17.0 Å². The van der Waals surface area contributed by atoms with E-state index in [1.54, 1.807) is 18.2 Å². The van der Waals surface area contributed by atoms with Crippen LogP contribution in [-0.4, -0.2) is 24.4 Å². The standard InChI is InChI=1S/C17H18N2O2/c1-13-4-2-7-17(8-13)21-12-16(20)11-19-15-6-3-5-14(9-15)10-18/h2-9,16,19-20H,11-12H2,1H3. The first-order valence-electron chi connectivity index (χ1n) is 6.79. The summed E-state index contributed by atoms with van der Waals surface area (Å²) in [6.07, 6.45) is -0.628. The van der Waals surface area contributed by atoms with E-state index >= 15 is 0 Å². The molecule has 4 nitrogen and oxygen atoms in total. The molecule has 2 N–H and O–H groups in total. The van der Waals surface area contributed by atoms with E-state index in [-0.39, 0.29) is 6.61 Å². The molecule has 108 valence electrons. The molecule has 0 aliphatic heterocycles. The Kier molecular flexibility index (Phi) is 5.19. The zero-order valence-electron chi connectivity index (χ0n) is 11.9. The molecular formula is C17H18N2O2. The number of anilines is 1. The van der Waals surface area contributed by atoms with Gasteiger partial charge in [-0.15, -0.1) is 0 Å². The molecule has 0 fully saturated rings. The van der Waals surface area contributed by atoms with E-state index in [9.17, 15) is 5.11 Å². The summed E-state index contributed by atoms with van der Waals surface area (Å²) in [6.45, 7) is 2.57. The van der Waals surface area contributed by atoms with Crippen molar-refractivity contribution in [1.82, 2.24) is 0 Å². The minimum Gasteiger partial charge on any atom is -0.491 e. The lowest BCUT2D eigenvalue weighted by Crippen LogP contribution is -2.26. The number of nitrogens with zero attached hydrogens (tertiary/aromatic N) is 1. The van der Waals surface area contributed by atoms with E-state index in [4.69, 9.17) is 10.00 Å². The van der Waals surface area contributed by atoms with E-state index in [1.807, 2.05) is 37.3 Å². The molecule has 2 aromatic rings. The van der Waals surface area contributed by atoms with Crippen LogP contribution in [0.3, 0.4) is 0 Å². The summed E-state index contributed by atoms with van der Waals surface area (Å²) in [5.74, 6) is 0.750. The summed E-state index contributed by atoms with van der Waals surface area (Å²) in [7, 11) is 0. The van der Waals surface area contributed by atoms with Gasteiger partial charge in [0.25, 0.3) is 0 Å². The first-order chi connectivity index (χ1) is 10.2. The number of hydrogen-bond donors (Lipinski definition) is 2. The largest absolute Gasteiger partial charge is 0.491 e. The summed E-state index contributed by atoms with van der Waals surface area (Å²) < 4.78 is 5.54. The van der Waals surface area contributed by atoms with Crippen molar-refractivity contribution in [3.63, 3.8) is 0 Å². The molecule has 0 spiro atoms. The molecule has 0 saturated carbocycles. The maximum atomic E-state index is 9.92. The van der Waals surface area contributed by atoms with Crippen LogP contribution in [0.15, 0.2) is 48.5 Å². The molecule has 1 atom stereocenters. The first-order valence-corrected chi connectivity index (χ1v) is 6.79. The van der Waals surface area contributed by atoms with Gasteiger partial charge in [0.05, 0.1) is 11.6 Å². The molecule has 0 aliphatic carbocycles. The Morgan fingerprint density at radius 2 is 2.05 bits per heavy atom. The van der Waals surface area contributed by atoms with Crippen LogP contribution >= 0.6 is 0 Å². The molecule has 0 radical (unpaired) electrons. The van der Waals surface area contributed by atoms with Crippen LogP contribution < -0.4 is 10.1 Å². The van der Waals surface area contributed by atoms with Gasteiger partial charge in [-0.3, -0.25) is 0 Å². The number of hydrogen-bond acceptors (Lipinski definition) is 4. The minimum atomic E-state index is -0.628. The van der Waals surface area contributed by atoms with Crippen molar-refractivity contribution < 1.29 is 9.84 Å². The average molecular weight is 282 g/mol. The van der Waals surface area contributed by atoms with Crippen LogP contribution in [0.2, 0.25) is 0 Å². The summed E-state index contributed by atoms with van der Waals surface area (Å²) in [4.78, 5) is 0. The molecule has 0 aliphatic rings. The van der Waals surface area contributed by atoms with Crippen molar-refractivity contribution in [2.24, 2.45) is 0 Å². The van der Waals surface area contributed by atoms with Gasteiger partial charge in [0.2, 0.25) is 0 Å². The lowest BCUT2D eigenvalue weighted by Gasteiger charge is -2.14. The van der Waals surface area contributed by atoms with Crippen LogP contribution in [0.4, 0.5) is 5.69 Å². The van der Waals surface area contributed by atoms with Gasteiger partial charge in [-0.05, 0) is 42.8 Å². The second-order valence-corrected chi connectivity index (χ2v) is 4.85. The highest BCUT2D eigenvalue weighted by Gasteiger charge is 2.05. The quantitative estimate of drug-likeness (QED) is 0.855. The van der Waals surface area contributed by atoms with Crippen LogP contribution in [0.25, 0.3) is 0 Å². The number of ether oxygens (including phenoxy) is 1. The molecule has 0 heterocycles. The molecule has 2 rings (SSSR count). The number of aliphatic hydroxyl groups is 1. The van der Waals surface area contributed by atoms with Crippen molar-refractivity contribution in [2.75, 3.05) is 18.5 Å². The Bertz CT molecular complexity index is 635. The number of nitriles is 1. The first kappa shape index (κ1) is 14.9. The highest BCUT2D eigenvalue weighted by atomic mass is 16.5. The summed E-state index contributed by atoms with van der Waals surface area (Å²) >= 11 is 0. The average Bonchev–Trinajstić information content (AvgIpc) is 2.51. The third-order valence-corrected chi connectivity index (χ3v) is 2.97. The number of aliphatic hydroxyl groups excluding tert-OH is 1. The van der Waals surface area contributed by atoms with Gasteiger partial charge in [0.15, 0.2) is 0 Å². The Labute approximate surface area is 124 Å². The van der Waals surface area contributed by atoms with E-state index in [0.29, 0.717) is 12.1 Å². The van der Waals surface area contributed by atoms with Crippen LogP contribution in [0.1, 0.15) is 11.1 Å². The van der Waals surface area contributed by atoms with Gasteiger partial charge in [-0.25, -0.2) is 0 Å². The number of nitrogens with one attached hydrogen (secondary N) is 1. The Hall–Kier alpha value is -2.51. The van der Waals surface area contributed by atoms with Crippen molar-refractivity contribution in [3.05, 3.63) is 59.7 Å². The van der Waals surface area contributed by atoms with Gasteiger partial charge >= 0.3 is 0 Å². The fourth-order valence-corrected chi connectivity index (χ4v) is 1.89. The second-order valence-electron chi connectivity index (χ2n) is 4.85. The zero-order valence-corrected chi connectivity index (χ0v) is 11.9. The number of aryl methyl sites for hydroxylation is 1. The number of benzene rings is 2. The molecule has 0 aromatic heterocycles. The SMILES string of the molecule is Cc1cccc(OCC(O)CNc2cccc(C#N)c2)c1. The molecule has 1 unspecified atom stereocenters. The predicted molar refractivity (Wildman–Crippen MR) is 82.3 cm³/mol. The molecule has 2 aromatic carbocycles. The maximum absolute atomic E-state index is 9.92. The molecule has 0 bridgehead atoms. The van der Waals surface area contributed by atoms with Gasteiger partial charge < -0.3 is 15.2 Å². The van der Waals surface area contributed by atoms with Crippen molar-refractivity contribution >= 4 is 5.69 Å². The topological polar surface area (TPSA) is 65.3 Å². The van der Waals surface area contributed by atoms with Crippen LogP contribution in [0.5, 0.6) is 5.75 Å². The van der Waals surface area contributed by atoms with Gasteiger partial charge in [0, 0.05) is 12.2 Å². The zero-order chi connectivity index (χ0) is 15.1. The normalized spacial score (nSPS) is 11.5. The van der Waals surface area contributed by atoms with Gasteiger partial charge in [-0.1, -0.05) is 18.2 Å². The summed E-state index contributed by atoms with van der Waals surface area (Å²) in [6, 6.07) is 16.9. The predicted octanol–water partition coefficient (Wildman–Crippen LogP) is 2.72. The third-order valence-electron chi connectivity index (χ3n) is 2.97. The second kappa shape index (κ2) is 7.32. The fourth-order valence-electron chi connectivity index (χ4n) is 1.89. The lowest BCUT2D eigenvalue weighted by atomic mass is 10.2. The van der Waals surface area contributed by atoms with Crippen LogP contribution in [-0.2, 0) is 0 Å². The van der Waals surface area contributed by atoms with E-state index in [1.165, 1.54) is 0 Å². The van der Waals surface area contributed by atoms with Crippen molar-refractivity contribution in [1.29, 1.82) is 5.26 Å². The van der Waals surface area contributed by atoms with Gasteiger partial charge in [0.1, 0.15) is 18.5 Å². The smallest absolute Gasteiger partial charge is 0.119 e. The number of rotatable bonds is 6. The Morgan fingerprint density at radius 3 is 2.81 bits per heavy atom. The molecular weight excluding hydrogens is 264 g/mol. The monoisotopic (exact) mass is 282 g/mol.